The molecule has 5 aromatic rings. The number of rotatable bonds is 8. The summed E-state index contributed by atoms with van der Waals surface area (Å²) in [5, 5.41) is 8.29. The lowest BCUT2D eigenvalue weighted by molar-refractivity contribution is 0.0952. The quantitative estimate of drug-likeness (QED) is 0.339. The van der Waals surface area contributed by atoms with E-state index in [4.69, 9.17) is 9.40 Å². The topological polar surface area (TPSA) is 89.1 Å². The van der Waals surface area contributed by atoms with Gasteiger partial charge in [-0.2, -0.15) is 5.10 Å². The summed E-state index contributed by atoms with van der Waals surface area (Å²) in [7, 11) is 0. The van der Waals surface area contributed by atoms with E-state index in [2.05, 4.69) is 44.6 Å². The number of furan rings is 1. The third-order valence-corrected chi connectivity index (χ3v) is 6.78. The molecule has 0 unspecified atom stereocenters. The van der Waals surface area contributed by atoms with Gasteiger partial charge in [0.2, 0.25) is 0 Å². The number of aromatic nitrogens is 4. The molecule has 0 bridgehead atoms. The lowest BCUT2D eigenvalue weighted by atomic mass is 10.1. The fourth-order valence-corrected chi connectivity index (χ4v) is 4.80. The van der Waals surface area contributed by atoms with Crippen molar-refractivity contribution in [1.29, 1.82) is 0 Å². The maximum Gasteiger partial charge on any atom is 0.252 e. The van der Waals surface area contributed by atoms with Crippen molar-refractivity contribution in [3.63, 3.8) is 0 Å². The minimum absolute atomic E-state index is 0.170. The number of fused-ring (bicyclic) bond motifs is 1. The number of carbonyl (C=O) groups is 1. The zero-order valence-electron chi connectivity index (χ0n) is 20.5. The Morgan fingerprint density at radius 2 is 1.81 bits per heavy atom. The van der Waals surface area contributed by atoms with Crippen LogP contribution >= 0.6 is 0 Å². The minimum Gasteiger partial charge on any atom is -0.467 e. The number of carbonyl (C=O) groups excluding carboxylic acids is 1. The third-order valence-electron chi connectivity index (χ3n) is 6.78. The summed E-state index contributed by atoms with van der Waals surface area (Å²) in [6.07, 6.45) is 9.36. The normalized spacial score (nSPS) is 13.8. The molecule has 0 saturated carbocycles. The molecule has 0 spiro atoms. The molecule has 1 aromatic carbocycles. The first-order chi connectivity index (χ1) is 18.2. The Morgan fingerprint density at radius 1 is 0.973 bits per heavy atom. The Morgan fingerprint density at radius 3 is 2.57 bits per heavy atom. The van der Waals surface area contributed by atoms with Crippen LogP contribution in [-0.4, -0.2) is 43.6 Å². The minimum atomic E-state index is -0.170. The molecule has 4 aromatic heterocycles. The Hall–Kier alpha value is -4.30. The van der Waals surface area contributed by atoms with Crippen LogP contribution in [0, 0.1) is 0 Å². The molecule has 1 fully saturated rings. The molecule has 0 aliphatic carbocycles. The first-order valence-corrected chi connectivity index (χ1v) is 12.6. The van der Waals surface area contributed by atoms with Crippen molar-refractivity contribution < 1.29 is 9.21 Å². The van der Waals surface area contributed by atoms with E-state index < -0.39 is 0 Å². The van der Waals surface area contributed by atoms with E-state index in [-0.39, 0.29) is 5.91 Å². The second-order valence-electron chi connectivity index (χ2n) is 9.40. The second-order valence-corrected chi connectivity index (χ2v) is 9.40. The first kappa shape index (κ1) is 23.1. The third kappa shape index (κ3) is 5.15. The van der Waals surface area contributed by atoms with Gasteiger partial charge in [0.15, 0.2) is 5.65 Å². The van der Waals surface area contributed by atoms with E-state index in [0.29, 0.717) is 35.4 Å². The van der Waals surface area contributed by atoms with Gasteiger partial charge in [0, 0.05) is 31.0 Å². The molecule has 6 rings (SSSR count). The number of likely N-dealkylation sites (tertiary alicyclic amines) is 1. The molecule has 1 N–H and O–H groups in total. The fraction of sp³-hybridized carbons (Fsp3) is 0.241. The molecule has 1 saturated heterocycles. The van der Waals surface area contributed by atoms with Crippen molar-refractivity contribution in [3.8, 4) is 11.3 Å². The van der Waals surface area contributed by atoms with Crippen molar-refractivity contribution in [2.45, 2.75) is 32.5 Å². The van der Waals surface area contributed by atoms with Gasteiger partial charge >= 0.3 is 0 Å². The molecule has 8 nitrogen and oxygen atoms in total. The highest BCUT2D eigenvalue weighted by molar-refractivity contribution is 6.06. The van der Waals surface area contributed by atoms with E-state index in [1.54, 1.807) is 29.5 Å². The van der Waals surface area contributed by atoms with Crippen molar-refractivity contribution in [3.05, 3.63) is 102 Å². The largest absolute Gasteiger partial charge is 0.467 e. The second kappa shape index (κ2) is 10.4. The van der Waals surface area contributed by atoms with Crippen molar-refractivity contribution in [1.82, 2.24) is 30.0 Å². The Balaban J connectivity index is 1.25. The SMILES string of the molecule is O=C(NCc1ccc(CN2CCCC2)cc1)c1cc(-c2cccnc2)nc2c1cnn2Cc1ccco1. The van der Waals surface area contributed by atoms with Crippen LogP contribution in [0.25, 0.3) is 22.3 Å². The zero-order valence-corrected chi connectivity index (χ0v) is 20.5. The van der Waals surface area contributed by atoms with Crippen LogP contribution in [0.3, 0.4) is 0 Å². The van der Waals surface area contributed by atoms with Gasteiger partial charge in [0.05, 0.1) is 29.1 Å². The number of pyridine rings is 2. The van der Waals surface area contributed by atoms with Crippen molar-refractivity contribution >= 4 is 16.9 Å². The molecule has 37 heavy (non-hydrogen) atoms. The van der Waals surface area contributed by atoms with Gasteiger partial charge in [-0.1, -0.05) is 24.3 Å². The average Bonchev–Trinajstić information content (AvgIpc) is 3.72. The maximum absolute atomic E-state index is 13.4. The summed E-state index contributed by atoms with van der Waals surface area (Å²) < 4.78 is 7.25. The number of hydrogen-bond donors (Lipinski definition) is 1. The number of hydrogen-bond acceptors (Lipinski definition) is 6. The molecular weight excluding hydrogens is 464 g/mol. The molecule has 1 amide bonds. The number of amides is 1. The lowest BCUT2D eigenvalue weighted by Crippen LogP contribution is -2.23. The van der Waals surface area contributed by atoms with Crippen molar-refractivity contribution in [2.24, 2.45) is 0 Å². The zero-order chi connectivity index (χ0) is 25.0. The van der Waals surface area contributed by atoms with Gasteiger partial charge < -0.3 is 9.73 Å². The Bertz CT molecular complexity index is 1490. The molecule has 0 atom stereocenters. The van der Waals surface area contributed by atoms with Crippen LogP contribution in [0.1, 0.15) is 40.1 Å². The summed E-state index contributed by atoms with van der Waals surface area (Å²) >= 11 is 0. The van der Waals surface area contributed by atoms with Crippen LogP contribution in [-0.2, 0) is 19.6 Å². The van der Waals surface area contributed by atoms with E-state index >= 15 is 0 Å². The van der Waals surface area contributed by atoms with E-state index in [9.17, 15) is 4.79 Å². The van der Waals surface area contributed by atoms with Crippen LogP contribution in [0.4, 0.5) is 0 Å². The fourth-order valence-electron chi connectivity index (χ4n) is 4.80. The number of nitrogens with zero attached hydrogens (tertiary/aromatic N) is 5. The number of benzene rings is 1. The highest BCUT2D eigenvalue weighted by atomic mass is 16.3. The first-order valence-electron chi connectivity index (χ1n) is 12.6. The molecule has 1 aliphatic heterocycles. The molecule has 186 valence electrons. The monoisotopic (exact) mass is 492 g/mol. The summed E-state index contributed by atoms with van der Waals surface area (Å²) in [6.45, 7) is 4.20. The predicted molar refractivity (Wildman–Crippen MR) is 141 cm³/mol. The Labute approximate surface area is 215 Å². The van der Waals surface area contributed by atoms with Gasteiger partial charge in [-0.25, -0.2) is 9.67 Å². The maximum atomic E-state index is 13.4. The standard InChI is InChI=1S/C29H28N6O2/c36-29(31-16-21-7-9-22(10-8-21)19-34-12-1-2-13-34)25-15-27(23-5-3-11-30-17-23)33-28-26(25)18-32-35(28)20-24-6-4-14-37-24/h3-11,14-15,17-18H,1-2,12-13,16,19-20H2,(H,31,36). The van der Waals surface area contributed by atoms with Crippen LogP contribution in [0.5, 0.6) is 0 Å². The molecule has 0 radical (unpaired) electrons. The molecular formula is C29H28N6O2. The number of nitrogens with one attached hydrogen (secondary N) is 1. The van der Waals surface area contributed by atoms with Gasteiger partial charge in [0.1, 0.15) is 12.3 Å². The molecule has 8 heteroatoms. The summed E-state index contributed by atoms with van der Waals surface area (Å²) in [6, 6.07) is 17.8. The average molecular weight is 493 g/mol. The summed E-state index contributed by atoms with van der Waals surface area (Å²) in [5.41, 5.74) is 5.01. The molecule has 5 heterocycles. The smallest absolute Gasteiger partial charge is 0.252 e. The van der Waals surface area contributed by atoms with E-state index in [1.807, 2.05) is 30.3 Å². The van der Waals surface area contributed by atoms with Crippen LogP contribution in [0.15, 0.2) is 83.9 Å². The molecule has 1 aliphatic rings. The van der Waals surface area contributed by atoms with Gasteiger partial charge in [0.25, 0.3) is 5.91 Å². The summed E-state index contributed by atoms with van der Waals surface area (Å²) in [4.78, 5) is 25.0. The highest BCUT2D eigenvalue weighted by Crippen LogP contribution is 2.25. The predicted octanol–water partition coefficient (Wildman–Crippen LogP) is 4.66. The lowest BCUT2D eigenvalue weighted by Gasteiger charge is -2.15. The summed E-state index contributed by atoms with van der Waals surface area (Å²) in [5.74, 6) is 0.592. The van der Waals surface area contributed by atoms with Gasteiger partial charge in [-0.15, -0.1) is 0 Å². The van der Waals surface area contributed by atoms with Crippen LogP contribution < -0.4 is 5.32 Å². The van der Waals surface area contributed by atoms with Crippen molar-refractivity contribution in [2.75, 3.05) is 13.1 Å². The van der Waals surface area contributed by atoms with E-state index in [0.717, 1.165) is 23.4 Å². The van der Waals surface area contributed by atoms with Gasteiger partial charge in [-0.05, 0) is 67.4 Å². The highest BCUT2D eigenvalue weighted by Gasteiger charge is 2.18. The van der Waals surface area contributed by atoms with E-state index in [1.165, 1.54) is 31.5 Å². The van der Waals surface area contributed by atoms with Gasteiger partial charge in [-0.3, -0.25) is 14.7 Å². The Kier molecular flexibility index (Phi) is 6.47. The van der Waals surface area contributed by atoms with Crippen LogP contribution in [0.2, 0.25) is 0 Å².